The maximum absolute atomic E-state index is 6.21. The van der Waals surface area contributed by atoms with Crippen LogP contribution in [0.3, 0.4) is 0 Å². The van der Waals surface area contributed by atoms with Gasteiger partial charge < -0.3 is 5.32 Å². The Kier molecular flexibility index (Phi) is 5.19. The number of hydrogen-bond donors (Lipinski definition) is 2. The summed E-state index contributed by atoms with van der Waals surface area (Å²) in [5.41, 5.74) is 1.04. The lowest BCUT2D eigenvalue weighted by Crippen LogP contribution is -2.25. The van der Waals surface area contributed by atoms with Crippen molar-refractivity contribution in [3.8, 4) is 0 Å². The van der Waals surface area contributed by atoms with Crippen LogP contribution in [0.4, 0.5) is 0 Å². The average molecular weight is 299 g/mol. The van der Waals surface area contributed by atoms with E-state index >= 15 is 0 Å². The minimum Gasteiger partial charge on any atom is -0.307 e. The average Bonchev–Trinajstić information content (AvgIpc) is 2.90. The van der Waals surface area contributed by atoms with E-state index in [-0.39, 0.29) is 6.04 Å². The Morgan fingerprint density at radius 2 is 2.21 bits per heavy atom. The van der Waals surface area contributed by atoms with Gasteiger partial charge in [-0.15, -0.1) is 0 Å². The molecule has 1 atom stereocenters. The fourth-order valence-electron chi connectivity index (χ4n) is 1.87. The number of rotatable bonds is 6. The van der Waals surface area contributed by atoms with Gasteiger partial charge in [0.2, 0.25) is 0 Å². The monoisotopic (exact) mass is 298 g/mol. The second kappa shape index (κ2) is 6.89. The van der Waals surface area contributed by atoms with Gasteiger partial charge in [0, 0.05) is 10.0 Å². The van der Waals surface area contributed by atoms with Gasteiger partial charge in [-0.1, -0.05) is 36.2 Å². The zero-order valence-corrected chi connectivity index (χ0v) is 12.2. The molecule has 0 aliphatic heterocycles. The van der Waals surface area contributed by atoms with Crippen LogP contribution in [0.1, 0.15) is 30.8 Å². The van der Waals surface area contributed by atoms with E-state index < -0.39 is 0 Å². The molecular weight excluding hydrogens is 283 g/mol. The second-order valence-electron chi connectivity index (χ2n) is 4.32. The first-order valence-electron chi connectivity index (χ1n) is 6.23. The van der Waals surface area contributed by atoms with Crippen molar-refractivity contribution in [1.82, 2.24) is 20.5 Å². The van der Waals surface area contributed by atoms with Crippen LogP contribution in [-0.2, 0) is 6.42 Å². The van der Waals surface area contributed by atoms with Crippen molar-refractivity contribution < 1.29 is 0 Å². The first kappa shape index (κ1) is 14.3. The van der Waals surface area contributed by atoms with E-state index in [0.29, 0.717) is 10.0 Å². The third-order valence-electron chi connectivity index (χ3n) is 2.84. The smallest absolute Gasteiger partial charge is 0.141 e. The molecule has 2 rings (SSSR count). The number of aromatic amines is 1. The molecule has 1 aromatic heterocycles. The van der Waals surface area contributed by atoms with Gasteiger partial charge in [-0.05, 0) is 37.1 Å². The highest BCUT2D eigenvalue weighted by atomic mass is 35.5. The molecule has 0 bridgehead atoms. The minimum absolute atomic E-state index is 0.0705. The number of benzene rings is 1. The molecule has 6 heteroatoms. The summed E-state index contributed by atoms with van der Waals surface area (Å²) < 4.78 is 0. The molecule has 0 spiro atoms. The van der Waals surface area contributed by atoms with E-state index in [9.17, 15) is 0 Å². The van der Waals surface area contributed by atoms with Gasteiger partial charge in [-0.3, -0.25) is 5.10 Å². The molecule has 0 aliphatic carbocycles. The molecule has 1 heterocycles. The number of aromatic nitrogens is 3. The van der Waals surface area contributed by atoms with Gasteiger partial charge in [0.25, 0.3) is 0 Å². The summed E-state index contributed by atoms with van der Waals surface area (Å²) in [6.45, 7) is 3.04. The summed E-state index contributed by atoms with van der Waals surface area (Å²) in [4.78, 5) is 4.21. The zero-order chi connectivity index (χ0) is 13.7. The SMILES string of the molecule is CCCNC(Cc1ccc(Cl)cc1Cl)c1ncn[nH]1. The standard InChI is InChI=1S/C13H16Cl2N4/c1-2-5-16-12(13-17-8-18-19-13)6-9-3-4-10(14)7-11(9)15/h3-4,7-8,12,16H,2,5-6H2,1H3,(H,17,18,19). The third kappa shape index (κ3) is 3.93. The summed E-state index contributed by atoms with van der Waals surface area (Å²) in [7, 11) is 0. The third-order valence-corrected chi connectivity index (χ3v) is 3.43. The summed E-state index contributed by atoms with van der Waals surface area (Å²) in [5, 5.41) is 11.6. The number of halogens is 2. The van der Waals surface area contributed by atoms with Crippen LogP contribution in [-0.4, -0.2) is 21.7 Å². The maximum atomic E-state index is 6.21. The Hall–Kier alpha value is -1.10. The lowest BCUT2D eigenvalue weighted by molar-refractivity contribution is 0.506. The predicted octanol–water partition coefficient (Wildman–Crippen LogP) is 3.39. The van der Waals surface area contributed by atoms with Crippen LogP contribution in [0.15, 0.2) is 24.5 Å². The molecule has 1 unspecified atom stereocenters. The van der Waals surface area contributed by atoms with Crippen molar-refractivity contribution in [2.45, 2.75) is 25.8 Å². The molecule has 1 aromatic carbocycles. The van der Waals surface area contributed by atoms with Gasteiger partial charge >= 0.3 is 0 Å². The Labute approximate surface area is 122 Å². The van der Waals surface area contributed by atoms with Gasteiger partial charge in [0.05, 0.1) is 6.04 Å². The van der Waals surface area contributed by atoms with Crippen molar-refractivity contribution in [3.63, 3.8) is 0 Å². The molecule has 19 heavy (non-hydrogen) atoms. The van der Waals surface area contributed by atoms with Gasteiger partial charge in [-0.25, -0.2) is 4.98 Å². The van der Waals surface area contributed by atoms with Gasteiger partial charge in [0.1, 0.15) is 12.2 Å². The zero-order valence-electron chi connectivity index (χ0n) is 10.7. The molecule has 2 N–H and O–H groups in total. The van der Waals surface area contributed by atoms with Gasteiger partial charge in [-0.2, -0.15) is 5.10 Å². The first-order chi connectivity index (χ1) is 9.20. The Morgan fingerprint density at radius 1 is 1.37 bits per heavy atom. The molecule has 2 aromatic rings. The van der Waals surface area contributed by atoms with Crippen LogP contribution in [0.2, 0.25) is 10.0 Å². The van der Waals surface area contributed by atoms with E-state index in [0.717, 1.165) is 30.8 Å². The quantitative estimate of drug-likeness (QED) is 0.859. The highest BCUT2D eigenvalue weighted by molar-refractivity contribution is 6.35. The summed E-state index contributed by atoms with van der Waals surface area (Å²) in [5.74, 6) is 0.819. The Balaban J connectivity index is 2.15. The van der Waals surface area contributed by atoms with E-state index in [1.165, 1.54) is 6.33 Å². The molecule has 0 fully saturated rings. The van der Waals surface area contributed by atoms with Crippen molar-refractivity contribution in [3.05, 3.63) is 46.0 Å². The lowest BCUT2D eigenvalue weighted by Gasteiger charge is -2.16. The summed E-state index contributed by atoms with van der Waals surface area (Å²) >= 11 is 12.1. The van der Waals surface area contributed by atoms with Crippen LogP contribution in [0.5, 0.6) is 0 Å². The van der Waals surface area contributed by atoms with Crippen LogP contribution in [0, 0.1) is 0 Å². The molecule has 0 radical (unpaired) electrons. The highest BCUT2D eigenvalue weighted by Crippen LogP contribution is 2.25. The molecule has 102 valence electrons. The lowest BCUT2D eigenvalue weighted by atomic mass is 10.1. The van der Waals surface area contributed by atoms with E-state index in [2.05, 4.69) is 27.4 Å². The summed E-state index contributed by atoms with van der Waals surface area (Å²) in [6, 6.07) is 5.62. The predicted molar refractivity (Wildman–Crippen MR) is 77.6 cm³/mol. The van der Waals surface area contributed by atoms with Crippen molar-refractivity contribution >= 4 is 23.2 Å². The fourth-order valence-corrected chi connectivity index (χ4v) is 2.36. The highest BCUT2D eigenvalue weighted by Gasteiger charge is 2.16. The maximum Gasteiger partial charge on any atom is 0.141 e. The number of H-pyrrole nitrogens is 1. The molecule has 0 saturated heterocycles. The molecule has 0 saturated carbocycles. The number of hydrogen-bond acceptors (Lipinski definition) is 3. The van der Waals surface area contributed by atoms with Crippen molar-refractivity contribution in [2.24, 2.45) is 0 Å². The topological polar surface area (TPSA) is 53.6 Å². The molecule has 4 nitrogen and oxygen atoms in total. The number of nitrogens with zero attached hydrogens (tertiary/aromatic N) is 2. The Bertz CT molecular complexity index is 513. The Morgan fingerprint density at radius 3 is 2.84 bits per heavy atom. The van der Waals surface area contributed by atoms with E-state index in [1.807, 2.05) is 12.1 Å². The fraction of sp³-hybridized carbons (Fsp3) is 0.385. The van der Waals surface area contributed by atoms with E-state index in [4.69, 9.17) is 23.2 Å². The molecule has 0 amide bonds. The van der Waals surface area contributed by atoms with Crippen LogP contribution < -0.4 is 5.32 Å². The number of nitrogens with one attached hydrogen (secondary N) is 2. The van der Waals surface area contributed by atoms with Crippen LogP contribution in [0.25, 0.3) is 0 Å². The van der Waals surface area contributed by atoms with Crippen molar-refractivity contribution in [1.29, 1.82) is 0 Å². The van der Waals surface area contributed by atoms with E-state index in [1.54, 1.807) is 6.07 Å². The molecule has 0 aliphatic rings. The normalized spacial score (nSPS) is 12.6. The van der Waals surface area contributed by atoms with Gasteiger partial charge in [0.15, 0.2) is 0 Å². The molecular formula is C13H16Cl2N4. The minimum atomic E-state index is 0.0705. The largest absolute Gasteiger partial charge is 0.307 e. The second-order valence-corrected chi connectivity index (χ2v) is 5.16. The van der Waals surface area contributed by atoms with Crippen molar-refractivity contribution in [2.75, 3.05) is 6.54 Å². The summed E-state index contributed by atoms with van der Waals surface area (Å²) in [6.07, 6.45) is 3.31. The van der Waals surface area contributed by atoms with Crippen LogP contribution >= 0.6 is 23.2 Å². The first-order valence-corrected chi connectivity index (χ1v) is 6.99.